The van der Waals surface area contributed by atoms with E-state index < -0.39 is 0 Å². The quantitative estimate of drug-likeness (QED) is 0.652. The van der Waals surface area contributed by atoms with E-state index in [1.807, 2.05) is 38.1 Å². The summed E-state index contributed by atoms with van der Waals surface area (Å²) in [5, 5.41) is 3.90. The van der Waals surface area contributed by atoms with Gasteiger partial charge in [-0.2, -0.15) is 9.36 Å². The van der Waals surface area contributed by atoms with Gasteiger partial charge in [0.25, 0.3) is 0 Å². The van der Waals surface area contributed by atoms with Crippen LogP contribution in [0.2, 0.25) is 0 Å². The summed E-state index contributed by atoms with van der Waals surface area (Å²) in [6, 6.07) is 7.44. The van der Waals surface area contributed by atoms with Gasteiger partial charge in [-0.05, 0) is 38.1 Å². The van der Waals surface area contributed by atoms with E-state index in [1.165, 1.54) is 18.5 Å². The highest BCUT2D eigenvalue weighted by molar-refractivity contribution is 7.09. The number of hydrogen-bond donors (Lipinski definition) is 1. The van der Waals surface area contributed by atoms with E-state index >= 15 is 0 Å². The van der Waals surface area contributed by atoms with Gasteiger partial charge in [0, 0.05) is 25.5 Å². The molecule has 1 N–H and O–H groups in total. The lowest BCUT2D eigenvalue weighted by atomic mass is 10.3. The zero-order chi connectivity index (χ0) is 20.1. The second-order valence-corrected chi connectivity index (χ2v) is 7.16. The van der Waals surface area contributed by atoms with E-state index in [2.05, 4.69) is 24.6 Å². The molecule has 0 saturated heterocycles. The fourth-order valence-corrected chi connectivity index (χ4v) is 2.89. The minimum Gasteiger partial charge on any atom is -0.489 e. The molecule has 28 heavy (non-hydrogen) atoms. The Kier molecular flexibility index (Phi) is 6.15. The van der Waals surface area contributed by atoms with Crippen LogP contribution in [0.15, 0.2) is 36.7 Å². The molecule has 0 radical (unpaired) electrons. The van der Waals surface area contributed by atoms with Crippen LogP contribution in [0.25, 0.3) is 11.5 Å². The molecule has 3 heterocycles. The number of hydrogen-bond acceptors (Lipinski definition) is 8. The number of ether oxygens (including phenoxy) is 1. The van der Waals surface area contributed by atoms with Gasteiger partial charge in [0.1, 0.15) is 11.4 Å². The van der Waals surface area contributed by atoms with Crippen molar-refractivity contribution in [3.05, 3.63) is 42.4 Å². The standard InChI is InChI=1S/C19H22N6O2S/c1-12(2)27-16-7-8-17(21-11-16)18-23-19(28-24-18)22-9-14-5-6-15(10-20-14)25(4)13(3)26/h5-8,10-12H,9H2,1-4H3,(H,22,23,24). The Morgan fingerprint density at radius 3 is 2.64 bits per heavy atom. The molecular formula is C19H22N6O2S. The summed E-state index contributed by atoms with van der Waals surface area (Å²) in [5.74, 6) is 1.25. The first-order valence-electron chi connectivity index (χ1n) is 8.82. The monoisotopic (exact) mass is 398 g/mol. The highest BCUT2D eigenvalue weighted by atomic mass is 32.1. The fraction of sp³-hybridized carbons (Fsp3) is 0.316. The average Bonchev–Trinajstić information content (AvgIpc) is 3.15. The number of pyridine rings is 2. The van der Waals surface area contributed by atoms with Crippen molar-refractivity contribution >= 4 is 28.3 Å². The molecule has 1 amide bonds. The molecule has 0 fully saturated rings. The van der Waals surface area contributed by atoms with Crippen LogP contribution < -0.4 is 15.0 Å². The van der Waals surface area contributed by atoms with Gasteiger partial charge in [-0.25, -0.2) is 4.98 Å². The molecule has 0 aliphatic rings. The number of carbonyl (C=O) groups is 1. The van der Waals surface area contributed by atoms with Gasteiger partial charge in [0.2, 0.25) is 11.0 Å². The molecule has 0 spiro atoms. The smallest absolute Gasteiger partial charge is 0.223 e. The Hall–Kier alpha value is -3.07. The Balaban J connectivity index is 1.59. The van der Waals surface area contributed by atoms with Crippen molar-refractivity contribution < 1.29 is 9.53 Å². The van der Waals surface area contributed by atoms with Crippen LogP contribution in [0.1, 0.15) is 26.5 Å². The van der Waals surface area contributed by atoms with E-state index in [-0.39, 0.29) is 12.0 Å². The van der Waals surface area contributed by atoms with Crippen molar-refractivity contribution in [3.8, 4) is 17.3 Å². The van der Waals surface area contributed by atoms with E-state index in [4.69, 9.17) is 4.74 Å². The first kappa shape index (κ1) is 19.7. The SMILES string of the molecule is CC(=O)N(C)c1ccc(CNc2nc(-c3ccc(OC(C)C)cn3)ns2)nc1. The van der Waals surface area contributed by atoms with Crippen molar-refractivity contribution in [2.75, 3.05) is 17.3 Å². The maximum atomic E-state index is 11.4. The van der Waals surface area contributed by atoms with Gasteiger partial charge in [0.15, 0.2) is 5.82 Å². The normalized spacial score (nSPS) is 10.8. The third-order valence-electron chi connectivity index (χ3n) is 3.85. The van der Waals surface area contributed by atoms with Crippen molar-refractivity contribution in [1.29, 1.82) is 0 Å². The first-order chi connectivity index (χ1) is 13.4. The van der Waals surface area contributed by atoms with Gasteiger partial charge in [-0.15, -0.1) is 0 Å². The van der Waals surface area contributed by atoms with Gasteiger partial charge in [-0.1, -0.05) is 0 Å². The molecule has 3 aromatic heterocycles. The zero-order valence-corrected chi connectivity index (χ0v) is 17.0. The van der Waals surface area contributed by atoms with E-state index in [1.54, 1.807) is 24.3 Å². The van der Waals surface area contributed by atoms with Crippen molar-refractivity contribution in [2.24, 2.45) is 0 Å². The summed E-state index contributed by atoms with van der Waals surface area (Å²) < 4.78 is 9.94. The lowest BCUT2D eigenvalue weighted by Crippen LogP contribution is -2.22. The number of anilines is 2. The molecule has 0 aliphatic heterocycles. The first-order valence-corrected chi connectivity index (χ1v) is 9.59. The summed E-state index contributed by atoms with van der Waals surface area (Å²) in [6.45, 7) is 5.96. The second kappa shape index (κ2) is 8.75. The summed E-state index contributed by atoms with van der Waals surface area (Å²) in [7, 11) is 1.72. The van der Waals surface area contributed by atoms with E-state index in [0.29, 0.717) is 23.2 Å². The van der Waals surface area contributed by atoms with Crippen molar-refractivity contribution in [3.63, 3.8) is 0 Å². The predicted octanol–water partition coefficient (Wildman–Crippen LogP) is 3.38. The van der Waals surface area contributed by atoms with Crippen LogP contribution >= 0.6 is 11.5 Å². The van der Waals surface area contributed by atoms with Crippen LogP contribution in [0.3, 0.4) is 0 Å². The predicted molar refractivity (Wildman–Crippen MR) is 110 cm³/mol. The Morgan fingerprint density at radius 1 is 1.21 bits per heavy atom. The molecule has 0 saturated carbocycles. The topological polar surface area (TPSA) is 93.1 Å². The van der Waals surface area contributed by atoms with Gasteiger partial charge in [0.05, 0.1) is 36.4 Å². The molecule has 0 bridgehead atoms. The number of nitrogens with one attached hydrogen (secondary N) is 1. The van der Waals surface area contributed by atoms with Gasteiger partial charge >= 0.3 is 0 Å². The average molecular weight is 398 g/mol. The maximum Gasteiger partial charge on any atom is 0.223 e. The molecule has 0 unspecified atom stereocenters. The zero-order valence-electron chi connectivity index (χ0n) is 16.2. The van der Waals surface area contributed by atoms with Crippen LogP contribution in [0, 0.1) is 0 Å². The maximum absolute atomic E-state index is 11.4. The van der Waals surface area contributed by atoms with Crippen LogP contribution in [0.5, 0.6) is 5.75 Å². The molecule has 3 aromatic rings. The largest absolute Gasteiger partial charge is 0.489 e. The van der Waals surface area contributed by atoms with Crippen molar-refractivity contribution in [2.45, 2.75) is 33.4 Å². The summed E-state index contributed by atoms with van der Waals surface area (Å²) in [5.41, 5.74) is 2.28. The molecule has 0 aliphatic carbocycles. The number of amides is 1. The third kappa shape index (κ3) is 5.01. The molecule has 0 aromatic carbocycles. The summed E-state index contributed by atoms with van der Waals surface area (Å²) in [4.78, 5) is 26.1. The van der Waals surface area contributed by atoms with Crippen molar-refractivity contribution in [1.82, 2.24) is 19.3 Å². The molecule has 146 valence electrons. The van der Waals surface area contributed by atoms with E-state index in [0.717, 1.165) is 17.1 Å². The number of aromatic nitrogens is 4. The number of carbonyl (C=O) groups excluding carboxylic acids is 1. The minimum absolute atomic E-state index is 0.0357. The minimum atomic E-state index is -0.0357. The molecular weight excluding hydrogens is 376 g/mol. The lowest BCUT2D eigenvalue weighted by molar-refractivity contribution is -0.116. The summed E-state index contributed by atoms with van der Waals surface area (Å²) >= 11 is 1.27. The molecule has 9 heteroatoms. The lowest BCUT2D eigenvalue weighted by Gasteiger charge is -2.14. The van der Waals surface area contributed by atoms with Crippen LogP contribution in [-0.4, -0.2) is 38.4 Å². The fourth-order valence-electron chi connectivity index (χ4n) is 2.32. The Labute approximate surface area is 167 Å². The van der Waals surface area contributed by atoms with Gasteiger partial charge in [-0.3, -0.25) is 9.78 Å². The third-order valence-corrected chi connectivity index (χ3v) is 4.53. The van der Waals surface area contributed by atoms with Crippen LogP contribution in [-0.2, 0) is 11.3 Å². The number of rotatable bonds is 7. The Bertz CT molecular complexity index is 924. The second-order valence-electron chi connectivity index (χ2n) is 6.41. The molecule has 3 rings (SSSR count). The van der Waals surface area contributed by atoms with Gasteiger partial charge < -0.3 is 15.0 Å². The highest BCUT2D eigenvalue weighted by Crippen LogP contribution is 2.22. The molecule has 0 atom stereocenters. The van der Waals surface area contributed by atoms with Crippen LogP contribution in [0.4, 0.5) is 10.8 Å². The Morgan fingerprint density at radius 2 is 2.04 bits per heavy atom. The van der Waals surface area contributed by atoms with E-state index in [9.17, 15) is 4.79 Å². The number of nitrogens with zero attached hydrogens (tertiary/aromatic N) is 5. The highest BCUT2D eigenvalue weighted by Gasteiger charge is 2.10. The molecule has 8 nitrogen and oxygen atoms in total. The summed E-state index contributed by atoms with van der Waals surface area (Å²) in [6.07, 6.45) is 3.45.